The van der Waals surface area contributed by atoms with Crippen LogP contribution in [-0.2, 0) is 17.1 Å². The molecule has 0 aliphatic rings. The molecule has 2 aromatic rings. The van der Waals surface area contributed by atoms with Gasteiger partial charge in [-0.2, -0.15) is 0 Å². The highest BCUT2D eigenvalue weighted by Crippen LogP contribution is 2.23. The first-order valence-corrected chi connectivity index (χ1v) is 7.00. The smallest absolute Gasteiger partial charge is 0.269 e. The molecule has 0 bridgehead atoms. The Bertz CT molecular complexity index is 668. The third-order valence-corrected chi connectivity index (χ3v) is 3.77. The number of non-ortho nitro benzene ring substituents is 1. The normalized spacial score (nSPS) is 10.5. The van der Waals surface area contributed by atoms with Crippen LogP contribution in [0.4, 0.5) is 5.69 Å². The number of carbonyl (C=O) groups excluding carboxylic acids is 1. The van der Waals surface area contributed by atoms with Gasteiger partial charge in [-0.05, 0) is 12.5 Å². The minimum absolute atomic E-state index is 0.0292. The number of aromatic nitrogens is 3. The number of nitrogens with two attached hydrogens (primary N) is 1. The van der Waals surface area contributed by atoms with Gasteiger partial charge >= 0.3 is 0 Å². The van der Waals surface area contributed by atoms with E-state index in [9.17, 15) is 14.9 Å². The minimum atomic E-state index is -0.463. The highest BCUT2D eigenvalue weighted by Gasteiger charge is 2.12. The van der Waals surface area contributed by atoms with E-state index >= 15 is 0 Å². The Morgan fingerprint density at radius 2 is 2.05 bits per heavy atom. The van der Waals surface area contributed by atoms with Crippen molar-refractivity contribution in [1.29, 1.82) is 0 Å². The molecule has 1 aromatic carbocycles. The molecule has 0 aliphatic carbocycles. The van der Waals surface area contributed by atoms with E-state index in [2.05, 4.69) is 10.2 Å². The monoisotopic (exact) mass is 307 g/mol. The zero-order valence-corrected chi connectivity index (χ0v) is 12.0. The van der Waals surface area contributed by atoms with Gasteiger partial charge in [0.25, 0.3) is 5.69 Å². The zero-order chi connectivity index (χ0) is 15.4. The summed E-state index contributed by atoms with van der Waals surface area (Å²) < 4.78 is 1.64. The van der Waals surface area contributed by atoms with Crippen molar-refractivity contribution in [2.45, 2.75) is 24.4 Å². The van der Waals surface area contributed by atoms with Crippen LogP contribution in [0.25, 0.3) is 0 Å². The molecule has 0 unspecified atom stereocenters. The van der Waals surface area contributed by atoms with Crippen LogP contribution in [0.5, 0.6) is 0 Å². The molecular formula is C12H13N5O3S. The van der Waals surface area contributed by atoms with Crippen LogP contribution in [0.3, 0.4) is 0 Å². The third kappa shape index (κ3) is 3.78. The fraction of sp³-hybridized carbons (Fsp3) is 0.250. The predicted molar refractivity (Wildman–Crippen MR) is 76.6 cm³/mol. The third-order valence-electron chi connectivity index (χ3n) is 2.73. The van der Waals surface area contributed by atoms with Crippen LogP contribution in [0.2, 0.25) is 0 Å². The summed E-state index contributed by atoms with van der Waals surface area (Å²) in [5.74, 6) is 0.713. The Labute approximate surface area is 124 Å². The number of nitro benzene ring substituents is 1. The van der Waals surface area contributed by atoms with Crippen LogP contribution in [-0.4, -0.2) is 25.6 Å². The molecule has 0 atom stereocenters. The number of thioether (sulfide) groups is 1. The second kappa shape index (κ2) is 6.35. The minimum Gasteiger partial charge on any atom is -0.368 e. The highest BCUT2D eigenvalue weighted by atomic mass is 32.2. The van der Waals surface area contributed by atoms with Gasteiger partial charge in [0.2, 0.25) is 5.91 Å². The van der Waals surface area contributed by atoms with E-state index < -0.39 is 10.8 Å². The number of nitro groups is 1. The summed E-state index contributed by atoms with van der Waals surface area (Å²) in [6.45, 7) is 1.77. The van der Waals surface area contributed by atoms with Gasteiger partial charge in [0.15, 0.2) is 5.16 Å². The number of aryl methyl sites for hydroxylation is 1. The van der Waals surface area contributed by atoms with Crippen LogP contribution >= 0.6 is 11.8 Å². The number of primary amides is 1. The number of carbonyl (C=O) groups is 1. The lowest BCUT2D eigenvalue weighted by Crippen LogP contribution is -2.20. The van der Waals surface area contributed by atoms with Crippen LogP contribution < -0.4 is 5.73 Å². The maximum atomic E-state index is 11.0. The van der Waals surface area contributed by atoms with Crippen molar-refractivity contribution < 1.29 is 9.72 Å². The number of hydrogen-bond acceptors (Lipinski definition) is 6. The molecule has 2 N–H and O–H groups in total. The quantitative estimate of drug-likeness (QED) is 0.488. The molecule has 1 heterocycles. The van der Waals surface area contributed by atoms with Crippen LogP contribution in [0.1, 0.15) is 11.4 Å². The number of nitrogens with zero attached hydrogens (tertiary/aromatic N) is 4. The number of hydrogen-bond donors (Lipinski definition) is 1. The number of amides is 1. The Morgan fingerprint density at radius 1 is 1.38 bits per heavy atom. The first kappa shape index (κ1) is 15.0. The van der Waals surface area contributed by atoms with Crippen molar-refractivity contribution in [2.24, 2.45) is 5.73 Å². The second-order valence-electron chi connectivity index (χ2n) is 4.29. The SMILES string of the molecule is Cc1nnc(SCc2ccc([N+](=O)[O-])cc2)n1CC(N)=O. The van der Waals surface area contributed by atoms with E-state index in [4.69, 9.17) is 5.73 Å². The summed E-state index contributed by atoms with van der Waals surface area (Å²) in [6.07, 6.45) is 0. The molecule has 0 saturated carbocycles. The Kier molecular flexibility index (Phi) is 4.53. The summed E-state index contributed by atoms with van der Waals surface area (Å²) in [4.78, 5) is 21.2. The van der Waals surface area contributed by atoms with Gasteiger partial charge in [-0.25, -0.2) is 0 Å². The molecule has 0 saturated heterocycles. The van der Waals surface area contributed by atoms with Crippen LogP contribution in [0.15, 0.2) is 29.4 Å². The van der Waals surface area contributed by atoms with Crippen molar-refractivity contribution in [3.05, 3.63) is 45.8 Å². The van der Waals surface area contributed by atoms with E-state index in [0.29, 0.717) is 16.7 Å². The van der Waals surface area contributed by atoms with E-state index in [1.807, 2.05) is 0 Å². The Balaban J connectivity index is 2.06. The Morgan fingerprint density at radius 3 is 2.62 bits per heavy atom. The maximum Gasteiger partial charge on any atom is 0.269 e. The zero-order valence-electron chi connectivity index (χ0n) is 11.2. The van der Waals surface area contributed by atoms with Crippen molar-refractivity contribution in [2.75, 3.05) is 0 Å². The number of benzene rings is 1. The molecule has 0 aliphatic heterocycles. The predicted octanol–water partition coefficient (Wildman–Crippen LogP) is 1.27. The van der Waals surface area contributed by atoms with Crippen LogP contribution in [0, 0.1) is 17.0 Å². The Hall–Kier alpha value is -2.42. The van der Waals surface area contributed by atoms with Gasteiger partial charge < -0.3 is 5.73 Å². The molecular weight excluding hydrogens is 294 g/mol. The molecule has 0 spiro atoms. The lowest BCUT2D eigenvalue weighted by atomic mass is 10.2. The van der Waals surface area contributed by atoms with Crippen molar-refractivity contribution in [1.82, 2.24) is 14.8 Å². The second-order valence-corrected chi connectivity index (χ2v) is 5.24. The van der Waals surface area contributed by atoms with E-state index in [-0.39, 0.29) is 12.2 Å². The first-order chi connectivity index (χ1) is 9.97. The van der Waals surface area contributed by atoms with E-state index in [0.717, 1.165) is 5.56 Å². The van der Waals surface area contributed by atoms with Gasteiger partial charge in [-0.15, -0.1) is 10.2 Å². The fourth-order valence-corrected chi connectivity index (χ4v) is 2.61. The van der Waals surface area contributed by atoms with Gasteiger partial charge in [0.05, 0.1) is 4.92 Å². The molecule has 9 heteroatoms. The van der Waals surface area contributed by atoms with Crippen molar-refractivity contribution in [3.8, 4) is 0 Å². The maximum absolute atomic E-state index is 11.0. The topological polar surface area (TPSA) is 117 Å². The molecule has 110 valence electrons. The lowest BCUT2D eigenvalue weighted by molar-refractivity contribution is -0.384. The fourth-order valence-electron chi connectivity index (χ4n) is 1.67. The summed E-state index contributed by atoms with van der Waals surface area (Å²) in [6, 6.07) is 6.28. The standard InChI is InChI=1S/C12H13N5O3S/c1-8-14-15-12(16(8)6-11(13)18)21-7-9-2-4-10(5-3-9)17(19)20/h2-5H,6-7H2,1H3,(H2,13,18). The lowest BCUT2D eigenvalue weighted by Gasteiger charge is -2.05. The molecule has 1 amide bonds. The van der Waals surface area contributed by atoms with Gasteiger partial charge in [-0.3, -0.25) is 19.5 Å². The molecule has 2 rings (SSSR count). The average molecular weight is 307 g/mol. The van der Waals surface area contributed by atoms with Crippen molar-refractivity contribution >= 4 is 23.4 Å². The molecule has 0 fully saturated rings. The molecule has 21 heavy (non-hydrogen) atoms. The summed E-state index contributed by atoms with van der Waals surface area (Å²) in [7, 11) is 0. The van der Waals surface area contributed by atoms with Gasteiger partial charge in [0, 0.05) is 17.9 Å². The largest absolute Gasteiger partial charge is 0.368 e. The number of rotatable bonds is 6. The van der Waals surface area contributed by atoms with Gasteiger partial charge in [0.1, 0.15) is 12.4 Å². The first-order valence-electron chi connectivity index (χ1n) is 6.01. The molecule has 0 radical (unpaired) electrons. The molecule has 1 aromatic heterocycles. The molecule has 8 nitrogen and oxygen atoms in total. The summed E-state index contributed by atoms with van der Waals surface area (Å²) in [5.41, 5.74) is 6.15. The average Bonchev–Trinajstić information content (AvgIpc) is 2.77. The van der Waals surface area contributed by atoms with Crippen molar-refractivity contribution in [3.63, 3.8) is 0 Å². The highest BCUT2D eigenvalue weighted by molar-refractivity contribution is 7.98. The summed E-state index contributed by atoms with van der Waals surface area (Å²) >= 11 is 1.39. The van der Waals surface area contributed by atoms with E-state index in [1.54, 1.807) is 23.6 Å². The van der Waals surface area contributed by atoms with Gasteiger partial charge in [-0.1, -0.05) is 23.9 Å². The summed E-state index contributed by atoms with van der Waals surface area (Å²) in [5, 5.41) is 19.1. The van der Waals surface area contributed by atoms with E-state index in [1.165, 1.54) is 23.9 Å².